The smallest absolute Gasteiger partial charge is 0.257 e. The molecule has 0 aliphatic carbocycles. The van der Waals surface area contributed by atoms with Gasteiger partial charge >= 0.3 is 0 Å². The Morgan fingerprint density at radius 3 is 2.55 bits per heavy atom. The number of nitrogens with zero attached hydrogens (tertiary/aromatic N) is 2. The predicted molar refractivity (Wildman–Crippen MR) is 119 cm³/mol. The molecule has 2 unspecified atom stereocenters. The van der Waals surface area contributed by atoms with Crippen molar-refractivity contribution in [1.82, 2.24) is 10.2 Å². The van der Waals surface area contributed by atoms with Gasteiger partial charge in [-0.1, -0.05) is 55.8 Å². The molecule has 0 bridgehead atoms. The first kappa shape index (κ1) is 21.1. The van der Waals surface area contributed by atoms with Crippen LogP contribution < -0.4 is 10.2 Å². The summed E-state index contributed by atoms with van der Waals surface area (Å²) >= 11 is 0. The molecular formula is C25H29N3O3. The normalized spacial score (nSPS) is 21.0. The van der Waals surface area contributed by atoms with Gasteiger partial charge < -0.3 is 10.2 Å². The number of nitrogens with one attached hydrogen (secondary N) is 1. The molecule has 1 saturated heterocycles. The van der Waals surface area contributed by atoms with Gasteiger partial charge in [-0.05, 0) is 37.5 Å². The van der Waals surface area contributed by atoms with E-state index < -0.39 is 5.66 Å². The zero-order valence-electron chi connectivity index (χ0n) is 18.1. The van der Waals surface area contributed by atoms with Gasteiger partial charge in [0.2, 0.25) is 11.8 Å². The van der Waals surface area contributed by atoms with Gasteiger partial charge in [0.25, 0.3) is 5.91 Å². The number of hydrogen-bond donors (Lipinski definition) is 1. The average molecular weight is 420 g/mol. The van der Waals surface area contributed by atoms with Crippen LogP contribution in [0.1, 0.15) is 67.9 Å². The van der Waals surface area contributed by atoms with Crippen LogP contribution in [-0.2, 0) is 9.59 Å². The standard InChI is InChI=1S/C25H29N3O3/c1-3-9-20(18-10-5-4-6-11-18)26-22(29)15-17-27-24(31)19-12-7-8-13-21(19)28-23(30)14-16-25(27,28)2/h4-8,10-13,20H,3,9,14-17H2,1-2H3,(H,26,29). The summed E-state index contributed by atoms with van der Waals surface area (Å²) in [6.45, 7) is 4.29. The lowest BCUT2D eigenvalue weighted by Crippen LogP contribution is -2.62. The van der Waals surface area contributed by atoms with Gasteiger partial charge in [-0.15, -0.1) is 0 Å². The molecule has 2 atom stereocenters. The molecule has 1 fully saturated rings. The number of benzene rings is 2. The largest absolute Gasteiger partial charge is 0.349 e. The minimum absolute atomic E-state index is 0.0176. The summed E-state index contributed by atoms with van der Waals surface area (Å²) in [6, 6.07) is 17.1. The highest BCUT2D eigenvalue weighted by atomic mass is 16.2. The number of anilines is 1. The van der Waals surface area contributed by atoms with Crippen molar-refractivity contribution in [3.63, 3.8) is 0 Å². The van der Waals surface area contributed by atoms with E-state index in [1.54, 1.807) is 21.9 Å². The van der Waals surface area contributed by atoms with Crippen LogP contribution in [0.4, 0.5) is 5.69 Å². The third kappa shape index (κ3) is 3.82. The summed E-state index contributed by atoms with van der Waals surface area (Å²) in [5.41, 5.74) is 1.54. The van der Waals surface area contributed by atoms with Gasteiger partial charge in [-0.2, -0.15) is 0 Å². The second kappa shape index (κ2) is 8.53. The van der Waals surface area contributed by atoms with Gasteiger partial charge in [-0.25, -0.2) is 0 Å². The second-order valence-electron chi connectivity index (χ2n) is 8.49. The number of para-hydroxylation sites is 1. The predicted octanol–water partition coefficient (Wildman–Crippen LogP) is 4.03. The van der Waals surface area contributed by atoms with Crippen molar-refractivity contribution in [1.29, 1.82) is 0 Å². The Kier molecular flexibility index (Phi) is 5.81. The Morgan fingerprint density at radius 2 is 1.81 bits per heavy atom. The molecule has 162 valence electrons. The van der Waals surface area contributed by atoms with Crippen molar-refractivity contribution in [2.45, 2.75) is 57.7 Å². The minimum atomic E-state index is -0.731. The fraction of sp³-hybridized carbons (Fsp3) is 0.400. The third-order valence-corrected chi connectivity index (χ3v) is 6.42. The van der Waals surface area contributed by atoms with Crippen molar-refractivity contribution in [2.24, 2.45) is 0 Å². The van der Waals surface area contributed by atoms with Gasteiger partial charge in [0.15, 0.2) is 0 Å². The van der Waals surface area contributed by atoms with E-state index in [1.165, 1.54) is 0 Å². The third-order valence-electron chi connectivity index (χ3n) is 6.42. The number of carbonyl (C=O) groups is 3. The zero-order valence-corrected chi connectivity index (χ0v) is 18.1. The Hall–Kier alpha value is -3.15. The monoisotopic (exact) mass is 419 g/mol. The summed E-state index contributed by atoms with van der Waals surface area (Å²) in [4.78, 5) is 42.2. The van der Waals surface area contributed by atoms with Crippen LogP contribution in [0.2, 0.25) is 0 Å². The topological polar surface area (TPSA) is 69.7 Å². The molecule has 2 aromatic carbocycles. The molecule has 4 rings (SSSR count). The number of carbonyl (C=O) groups excluding carboxylic acids is 3. The van der Waals surface area contributed by atoms with E-state index >= 15 is 0 Å². The number of rotatable bonds is 7. The second-order valence-corrected chi connectivity index (χ2v) is 8.49. The summed E-state index contributed by atoms with van der Waals surface area (Å²) in [5.74, 6) is -0.192. The Labute approximate surface area is 183 Å². The van der Waals surface area contributed by atoms with Crippen LogP contribution in [0.25, 0.3) is 0 Å². The maximum Gasteiger partial charge on any atom is 0.257 e. The van der Waals surface area contributed by atoms with Gasteiger partial charge in [0, 0.05) is 19.4 Å². The molecule has 0 saturated carbocycles. The van der Waals surface area contributed by atoms with Crippen molar-refractivity contribution in [3.05, 3.63) is 65.7 Å². The van der Waals surface area contributed by atoms with Gasteiger partial charge in [-0.3, -0.25) is 19.3 Å². The van der Waals surface area contributed by atoms with Crippen molar-refractivity contribution < 1.29 is 14.4 Å². The first-order valence-corrected chi connectivity index (χ1v) is 11.0. The fourth-order valence-electron chi connectivity index (χ4n) is 4.82. The van der Waals surface area contributed by atoms with Gasteiger partial charge in [0.05, 0.1) is 17.3 Å². The first-order chi connectivity index (χ1) is 15.0. The molecule has 1 N–H and O–H groups in total. The van der Waals surface area contributed by atoms with E-state index in [2.05, 4.69) is 12.2 Å². The minimum Gasteiger partial charge on any atom is -0.349 e. The summed E-state index contributed by atoms with van der Waals surface area (Å²) in [5, 5.41) is 3.13. The van der Waals surface area contributed by atoms with Crippen LogP contribution in [0.5, 0.6) is 0 Å². The van der Waals surface area contributed by atoms with Crippen LogP contribution in [0, 0.1) is 0 Å². The maximum atomic E-state index is 13.3. The molecule has 2 aliphatic heterocycles. The molecule has 2 heterocycles. The molecule has 6 heteroatoms. The molecule has 2 aromatic rings. The molecule has 3 amide bonds. The van der Waals surface area contributed by atoms with Crippen molar-refractivity contribution >= 4 is 23.4 Å². The Bertz CT molecular complexity index is 991. The maximum absolute atomic E-state index is 13.3. The summed E-state index contributed by atoms with van der Waals surface area (Å²) < 4.78 is 0. The van der Waals surface area contributed by atoms with E-state index in [-0.39, 0.29) is 36.7 Å². The first-order valence-electron chi connectivity index (χ1n) is 11.0. The molecule has 2 aliphatic rings. The molecule has 0 aromatic heterocycles. The summed E-state index contributed by atoms with van der Waals surface area (Å²) in [6.07, 6.45) is 2.96. The van der Waals surface area contributed by atoms with Crippen LogP contribution in [0.3, 0.4) is 0 Å². The highest BCUT2D eigenvalue weighted by molar-refractivity contribution is 6.10. The molecule has 31 heavy (non-hydrogen) atoms. The zero-order chi connectivity index (χ0) is 22.0. The Morgan fingerprint density at radius 1 is 1.10 bits per heavy atom. The SMILES string of the molecule is CCCC(NC(=O)CCN1C(=O)c2ccccc2N2C(=O)CCC12C)c1ccccc1. The van der Waals surface area contributed by atoms with Crippen molar-refractivity contribution in [2.75, 3.05) is 11.4 Å². The van der Waals surface area contributed by atoms with Crippen LogP contribution >= 0.6 is 0 Å². The lowest BCUT2D eigenvalue weighted by atomic mass is 9.98. The molecule has 0 radical (unpaired) electrons. The highest BCUT2D eigenvalue weighted by Crippen LogP contribution is 2.43. The highest BCUT2D eigenvalue weighted by Gasteiger charge is 2.52. The number of amides is 3. The molecule has 6 nitrogen and oxygen atoms in total. The van der Waals surface area contributed by atoms with E-state index in [0.717, 1.165) is 18.4 Å². The molecule has 0 spiro atoms. The van der Waals surface area contributed by atoms with E-state index in [1.807, 2.05) is 49.4 Å². The van der Waals surface area contributed by atoms with Crippen LogP contribution in [0.15, 0.2) is 54.6 Å². The van der Waals surface area contributed by atoms with Crippen molar-refractivity contribution in [3.8, 4) is 0 Å². The van der Waals surface area contributed by atoms with E-state index in [9.17, 15) is 14.4 Å². The van der Waals surface area contributed by atoms with Crippen LogP contribution in [-0.4, -0.2) is 34.8 Å². The summed E-state index contributed by atoms with van der Waals surface area (Å²) in [7, 11) is 0. The number of hydrogen-bond acceptors (Lipinski definition) is 3. The number of fused-ring (bicyclic) bond motifs is 3. The lowest BCUT2D eigenvalue weighted by Gasteiger charge is -2.48. The van der Waals surface area contributed by atoms with E-state index in [4.69, 9.17) is 0 Å². The Balaban J connectivity index is 1.50. The van der Waals surface area contributed by atoms with Gasteiger partial charge in [0.1, 0.15) is 5.66 Å². The average Bonchev–Trinajstić information content (AvgIpc) is 3.09. The molecular weight excluding hydrogens is 390 g/mol. The van der Waals surface area contributed by atoms with E-state index in [0.29, 0.717) is 24.1 Å². The fourth-order valence-corrected chi connectivity index (χ4v) is 4.82. The lowest BCUT2D eigenvalue weighted by molar-refractivity contribution is -0.122. The quantitative estimate of drug-likeness (QED) is 0.737.